The number of hydrogen-bond donors (Lipinski definition) is 0. The smallest absolute Gasteiger partial charge is 0.0270 e. The van der Waals surface area contributed by atoms with Crippen molar-refractivity contribution in [2.45, 2.75) is 79.7 Å². The first-order chi connectivity index (χ1) is 10.8. The summed E-state index contributed by atoms with van der Waals surface area (Å²) in [5.41, 5.74) is 2.06. The molecule has 1 aliphatic carbocycles. The first-order valence-electron chi connectivity index (χ1n) is 9.80. The highest BCUT2D eigenvalue weighted by Gasteiger charge is 2.59. The van der Waals surface area contributed by atoms with E-state index in [9.17, 15) is 0 Å². The van der Waals surface area contributed by atoms with Gasteiger partial charge < -0.3 is 0 Å². The van der Waals surface area contributed by atoms with Gasteiger partial charge in [-0.05, 0) is 70.8 Å². The molecule has 1 saturated carbocycles. The Balaban J connectivity index is 2.19. The molecule has 1 nitrogen and oxygen atoms in total. The third-order valence-electron chi connectivity index (χ3n) is 6.73. The molecule has 1 aliphatic heterocycles. The minimum atomic E-state index is 0.193. The minimum Gasteiger partial charge on any atom is -0.300 e. The average molecular weight is 318 g/mol. The molecule has 1 atom stereocenters. The summed E-state index contributed by atoms with van der Waals surface area (Å²) in [5.74, 6) is 1.79. The summed E-state index contributed by atoms with van der Waals surface area (Å²) >= 11 is 0. The van der Waals surface area contributed by atoms with Crippen LogP contribution in [0.1, 0.15) is 73.6 Å². The van der Waals surface area contributed by atoms with Gasteiger partial charge in [-0.25, -0.2) is 0 Å². The SMILES string of the molecule is C=C(C)C1(/C=C/C)CN(C(C)C)CCC12CC(CCC(C)C)C2. The summed E-state index contributed by atoms with van der Waals surface area (Å²) in [5, 5.41) is 0. The Bertz CT molecular complexity index is 439. The summed E-state index contributed by atoms with van der Waals surface area (Å²) in [6.07, 6.45) is 11.8. The van der Waals surface area contributed by atoms with Crippen molar-refractivity contribution in [2.24, 2.45) is 22.7 Å². The van der Waals surface area contributed by atoms with Crippen molar-refractivity contribution < 1.29 is 0 Å². The van der Waals surface area contributed by atoms with E-state index < -0.39 is 0 Å². The van der Waals surface area contributed by atoms with Gasteiger partial charge in [0.05, 0.1) is 0 Å². The van der Waals surface area contributed by atoms with Gasteiger partial charge >= 0.3 is 0 Å². The van der Waals surface area contributed by atoms with Gasteiger partial charge in [0.25, 0.3) is 0 Å². The molecule has 0 radical (unpaired) electrons. The lowest BCUT2D eigenvalue weighted by Gasteiger charge is -2.64. The van der Waals surface area contributed by atoms with Crippen LogP contribution in [0.5, 0.6) is 0 Å². The number of allylic oxidation sites excluding steroid dienone is 1. The Morgan fingerprint density at radius 2 is 1.91 bits per heavy atom. The van der Waals surface area contributed by atoms with E-state index in [2.05, 4.69) is 65.2 Å². The van der Waals surface area contributed by atoms with Gasteiger partial charge in [-0.15, -0.1) is 0 Å². The molecule has 2 fully saturated rings. The minimum absolute atomic E-state index is 0.193. The highest BCUT2D eigenvalue weighted by Crippen LogP contribution is 2.65. The van der Waals surface area contributed by atoms with Crippen molar-refractivity contribution in [3.05, 3.63) is 24.3 Å². The van der Waals surface area contributed by atoms with E-state index in [1.165, 1.54) is 50.8 Å². The number of likely N-dealkylation sites (tertiary alicyclic amines) is 1. The summed E-state index contributed by atoms with van der Waals surface area (Å²) in [4.78, 5) is 2.67. The first kappa shape index (κ1) is 18.8. The fourth-order valence-electron chi connectivity index (χ4n) is 5.22. The van der Waals surface area contributed by atoms with Gasteiger partial charge in [0.2, 0.25) is 0 Å². The van der Waals surface area contributed by atoms with Crippen molar-refractivity contribution in [3.63, 3.8) is 0 Å². The molecule has 1 spiro atoms. The van der Waals surface area contributed by atoms with Crippen LogP contribution in [0.25, 0.3) is 0 Å². The third kappa shape index (κ3) is 3.45. The molecule has 0 amide bonds. The van der Waals surface area contributed by atoms with Crippen molar-refractivity contribution in [1.29, 1.82) is 0 Å². The quantitative estimate of drug-likeness (QED) is 0.537. The molecule has 0 N–H and O–H groups in total. The second-order valence-corrected chi connectivity index (χ2v) is 9.09. The fraction of sp³-hybridized carbons (Fsp3) is 0.818. The maximum atomic E-state index is 4.46. The molecular weight excluding hydrogens is 278 g/mol. The van der Waals surface area contributed by atoms with Crippen LogP contribution < -0.4 is 0 Å². The second-order valence-electron chi connectivity index (χ2n) is 9.09. The monoisotopic (exact) mass is 317 g/mol. The molecule has 1 saturated heterocycles. The third-order valence-corrected chi connectivity index (χ3v) is 6.73. The lowest BCUT2D eigenvalue weighted by atomic mass is 9.44. The van der Waals surface area contributed by atoms with Gasteiger partial charge in [0.1, 0.15) is 0 Å². The predicted molar refractivity (Wildman–Crippen MR) is 103 cm³/mol. The van der Waals surface area contributed by atoms with E-state index in [-0.39, 0.29) is 5.41 Å². The lowest BCUT2D eigenvalue weighted by Crippen LogP contribution is -2.61. The van der Waals surface area contributed by atoms with Crippen molar-refractivity contribution in [1.82, 2.24) is 4.90 Å². The Morgan fingerprint density at radius 1 is 1.26 bits per heavy atom. The van der Waals surface area contributed by atoms with Crippen LogP contribution in [0, 0.1) is 22.7 Å². The highest BCUT2D eigenvalue weighted by molar-refractivity contribution is 5.29. The van der Waals surface area contributed by atoms with Crippen LogP contribution in [0.15, 0.2) is 24.3 Å². The largest absolute Gasteiger partial charge is 0.300 e. The second kappa shape index (κ2) is 7.13. The van der Waals surface area contributed by atoms with Gasteiger partial charge in [0, 0.05) is 18.0 Å². The zero-order chi connectivity index (χ0) is 17.3. The topological polar surface area (TPSA) is 3.24 Å². The summed E-state index contributed by atoms with van der Waals surface area (Å²) < 4.78 is 0. The average Bonchev–Trinajstić information content (AvgIpc) is 2.43. The molecule has 23 heavy (non-hydrogen) atoms. The molecule has 2 aliphatic rings. The van der Waals surface area contributed by atoms with Crippen LogP contribution in [0.3, 0.4) is 0 Å². The van der Waals surface area contributed by atoms with E-state index >= 15 is 0 Å². The molecule has 0 aromatic carbocycles. The van der Waals surface area contributed by atoms with E-state index in [4.69, 9.17) is 0 Å². The van der Waals surface area contributed by atoms with Crippen molar-refractivity contribution >= 4 is 0 Å². The highest BCUT2D eigenvalue weighted by atomic mass is 15.2. The van der Waals surface area contributed by atoms with E-state index in [0.29, 0.717) is 11.5 Å². The molecule has 1 unspecified atom stereocenters. The molecule has 1 heterocycles. The van der Waals surface area contributed by atoms with Crippen LogP contribution in [-0.4, -0.2) is 24.0 Å². The van der Waals surface area contributed by atoms with Gasteiger partial charge in [-0.1, -0.05) is 51.0 Å². The molecule has 0 aromatic heterocycles. The Kier molecular flexibility index (Phi) is 5.82. The predicted octanol–water partition coefficient (Wildman–Crippen LogP) is 6.07. The number of rotatable bonds is 6. The van der Waals surface area contributed by atoms with Crippen LogP contribution in [-0.2, 0) is 0 Å². The van der Waals surface area contributed by atoms with E-state index in [1.54, 1.807) is 0 Å². The lowest BCUT2D eigenvalue weighted by molar-refractivity contribution is -0.0996. The van der Waals surface area contributed by atoms with E-state index in [0.717, 1.165) is 11.8 Å². The number of hydrogen-bond acceptors (Lipinski definition) is 1. The molecule has 1 heteroatoms. The molecular formula is C22H39N. The number of nitrogens with zero attached hydrogens (tertiary/aromatic N) is 1. The fourth-order valence-corrected chi connectivity index (χ4v) is 5.22. The van der Waals surface area contributed by atoms with Gasteiger partial charge in [-0.3, -0.25) is 4.90 Å². The Morgan fingerprint density at radius 3 is 2.39 bits per heavy atom. The molecule has 2 rings (SSSR count). The number of piperidine rings is 1. The maximum Gasteiger partial charge on any atom is 0.0270 e. The molecule has 0 bridgehead atoms. The zero-order valence-corrected chi connectivity index (χ0v) is 16.5. The summed E-state index contributed by atoms with van der Waals surface area (Å²) in [6.45, 7) is 20.7. The normalized spacial score (nSPS) is 35.4. The van der Waals surface area contributed by atoms with Gasteiger partial charge in [-0.2, -0.15) is 0 Å². The van der Waals surface area contributed by atoms with Gasteiger partial charge in [0.15, 0.2) is 0 Å². The zero-order valence-electron chi connectivity index (χ0n) is 16.5. The summed E-state index contributed by atoms with van der Waals surface area (Å²) in [7, 11) is 0. The molecule has 132 valence electrons. The Labute approximate surface area is 145 Å². The van der Waals surface area contributed by atoms with Crippen molar-refractivity contribution in [2.75, 3.05) is 13.1 Å². The van der Waals surface area contributed by atoms with Crippen molar-refractivity contribution in [3.8, 4) is 0 Å². The maximum absolute atomic E-state index is 4.46. The molecule has 0 aromatic rings. The summed E-state index contributed by atoms with van der Waals surface area (Å²) in [6, 6.07) is 0.633. The van der Waals surface area contributed by atoms with Crippen LogP contribution >= 0.6 is 0 Å². The first-order valence-corrected chi connectivity index (χ1v) is 9.80. The van der Waals surface area contributed by atoms with Crippen LogP contribution in [0.4, 0.5) is 0 Å². The van der Waals surface area contributed by atoms with E-state index in [1.807, 2.05) is 0 Å². The Hall–Kier alpha value is -0.560. The van der Waals surface area contributed by atoms with Crippen LogP contribution in [0.2, 0.25) is 0 Å². The standard InChI is InChI=1S/C22H39N/c1-8-11-22(18(4)5)16-23(19(6)7)13-12-21(22)14-20(15-21)10-9-17(2)3/h8,11,17,19-20H,4,9-10,12-16H2,1-3,5-7H3/b11-8+.